The highest BCUT2D eigenvalue weighted by atomic mass is 16.6. The number of fused-ring (bicyclic) bond motifs is 2. The van der Waals surface area contributed by atoms with E-state index in [0.717, 1.165) is 27.1 Å². The third kappa shape index (κ3) is 5.45. The van der Waals surface area contributed by atoms with Gasteiger partial charge in [-0.05, 0) is 40.7 Å². The Bertz CT molecular complexity index is 1100. The second-order valence-corrected chi connectivity index (χ2v) is 7.91. The number of esters is 2. The number of hydrogen-bond acceptors (Lipinski definition) is 6. The highest BCUT2D eigenvalue weighted by Gasteiger charge is 2.19. The van der Waals surface area contributed by atoms with Gasteiger partial charge in [0.25, 0.3) is 0 Å². The van der Waals surface area contributed by atoms with Crippen LogP contribution >= 0.6 is 0 Å². The van der Waals surface area contributed by atoms with Gasteiger partial charge < -0.3 is 18.9 Å². The molecular formula is C25H28O6. The molecule has 3 rings (SSSR count). The molecule has 164 valence electrons. The van der Waals surface area contributed by atoms with E-state index >= 15 is 0 Å². The lowest BCUT2D eigenvalue weighted by molar-refractivity contribution is -0.150. The van der Waals surface area contributed by atoms with Gasteiger partial charge in [0.05, 0.1) is 12.2 Å². The third-order valence-corrected chi connectivity index (χ3v) is 4.48. The van der Waals surface area contributed by atoms with Gasteiger partial charge in [-0.15, -0.1) is 0 Å². The molecule has 0 aromatic heterocycles. The van der Waals surface area contributed by atoms with E-state index in [4.69, 9.17) is 18.9 Å². The number of benzene rings is 3. The fourth-order valence-electron chi connectivity index (χ4n) is 3.38. The zero-order chi connectivity index (χ0) is 22.5. The summed E-state index contributed by atoms with van der Waals surface area (Å²) in [6.07, 6.45) is -0.429. The van der Waals surface area contributed by atoms with Crippen LogP contribution in [0.15, 0.2) is 42.5 Å². The van der Waals surface area contributed by atoms with Gasteiger partial charge in [-0.1, -0.05) is 42.0 Å². The quantitative estimate of drug-likeness (QED) is 0.376. The standard InChI is InChI=1S/C25H28O6/c1-15(2)30-22(26)13-28-24-18-8-6-7-9-19(18)25(29-14-23(27)31-16(3)4)21-12-17(5)10-11-20(21)24/h6-12,15-16H,13-14H2,1-5H3. The van der Waals surface area contributed by atoms with E-state index in [1.54, 1.807) is 27.7 Å². The van der Waals surface area contributed by atoms with E-state index in [9.17, 15) is 9.59 Å². The van der Waals surface area contributed by atoms with Gasteiger partial charge in [-0.2, -0.15) is 0 Å². The molecule has 0 unspecified atom stereocenters. The maximum Gasteiger partial charge on any atom is 0.344 e. The number of ether oxygens (including phenoxy) is 4. The van der Waals surface area contributed by atoms with E-state index < -0.39 is 11.9 Å². The minimum atomic E-state index is -0.434. The summed E-state index contributed by atoms with van der Waals surface area (Å²) in [5.41, 5.74) is 1.03. The molecule has 0 aliphatic rings. The highest BCUT2D eigenvalue weighted by Crippen LogP contribution is 2.43. The molecule has 0 atom stereocenters. The minimum absolute atomic E-state index is 0.202. The van der Waals surface area contributed by atoms with Crippen molar-refractivity contribution < 1.29 is 28.5 Å². The minimum Gasteiger partial charge on any atom is -0.481 e. The first-order chi connectivity index (χ1) is 14.8. The second-order valence-electron chi connectivity index (χ2n) is 7.91. The van der Waals surface area contributed by atoms with Gasteiger partial charge in [0.1, 0.15) is 11.5 Å². The summed E-state index contributed by atoms with van der Waals surface area (Å²) in [5, 5.41) is 3.14. The summed E-state index contributed by atoms with van der Waals surface area (Å²) >= 11 is 0. The van der Waals surface area contributed by atoms with Gasteiger partial charge in [-0.3, -0.25) is 0 Å². The Morgan fingerprint density at radius 1 is 0.710 bits per heavy atom. The van der Waals surface area contributed by atoms with Crippen molar-refractivity contribution in [3.63, 3.8) is 0 Å². The average molecular weight is 424 g/mol. The van der Waals surface area contributed by atoms with Crippen molar-refractivity contribution in [2.45, 2.75) is 46.8 Å². The molecule has 0 bridgehead atoms. The molecule has 0 radical (unpaired) electrons. The topological polar surface area (TPSA) is 71.1 Å². The molecule has 3 aromatic carbocycles. The zero-order valence-corrected chi connectivity index (χ0v) is 18.6. The molecule has 0 saturated carbocycles. The zero-order valence-electron chi connectivity index (χ0n) is 18.6. The monoisotopic (exact) mass is 424 g/mol. The molecule has 6 nitrogen and oxygen atoms in total. The molecule has 0 fully saturated rings. The lowest BCUT2D eigenvalue weighted by atomic mass is 9.99. The van der Waals surface area contributed by atoms with E-state index in [1.165, 1.54) is 0 Å². The Morgan fingerprint density at radius 3 is 1.65 bits per heavy atom. The van der Waals surface area contributed by atoms with E-state index in [1.807, 2.05) is 49.4 Å². The fourth-order valence-corrected chi connectivity index (χ4v) is 3.38. The molecule has 31 heavy (non-hydrogen) atoms. The average Bonchev–Trinajstić information content (AvgIpc) is 2.69. The summed E-state index contributed by atoms with van der Waals surface area (Å²) in [5.74, 6) is 0.281. The van der Waals surface area contributed by atoms with Gasteiger partial charge >= 0.3 is 11.9 Å². The molecule has 0 N–H and O–H groups in total. The largest absolute Gasteiger partial charge is 0.481 e. The normalized spacial score (nSPS) is 11.2. The first-order valence-corrected chi connectivity index (χ1v) is 10.4. The van der Waals surface area contributed by atoms with E-state index in [0.29, 0.717) is 11.5 Å². The predicted molar refractivity (Wildman–Crippen MR) is 120 cm³/mol. The van der Waals surface area contributed by atoms with Crippen molar-refractivity contribution in [3.05, 3.63) is 48.0 Å². The third-order valence-electron chi connectivity index (χ3n) is 4.48. The van der Waals surface area contributed by atoms with Crippen molar-refractivity contribution >= 4 is 33.5 Å². The van der Waals surface area contributed by atoms with Gasteiger partial charge in [0.15, 0.2) is 13.2 Å². The Morgan fingerprint density at radius 2 is 1.16 bits per heavy atom. The summed E-state index contributed by atoms with van der Waals surface area (Å²) < 4.78 is 22.3. The van der Waals surface area contributed by atoms with Crippen molar-refractivity contribution in [1.29, 1.82) is 0 Å². The van der Waals surface area contributed by atoms with Crippen molar-refractivity contribution in [2.75, 3.05) is 13.2 Å². The molecule has 0 aliphatic carbocycles. The highest BCUT2D eigenvalue weighted by molar-refractivity contribution is 6.11. The van der Waals surface area contributed by atoms with Crippen LogP contribution in [0.25, 0.3) is 21.5 Å². The van der Waals surface area contributed by atoms with Gasteiger partial charge in [0, 0.05) is 21.5 Å². The molecule has 0 amide bonds. The Hall–Kier alpha value is -3.28. The molecule has 0 heterocycles. The SMILES string of the molecule is Cc1ccc2c(OCC(=O)OC(C)C)c3ccccc3c(OCC(=O)OC(C)C)c2c1. The van der Waals surface area contributed by atoms with Crippen molar-refractivity contribution in [2.24, 2.45) is 0 Å². The van der Waals surface area contributed by atoms with Crippen LogP contribution in [0.1, 0.15) is 33.3 Å². The molecular weight excluding hydrogens is 396 g/mol. The number of rotatable bonds is 8. The Balaban J connectivity index is 2.07. The van der Waals surface area contributed by atoms with Crippen LogP contribution in [0.4, 0.5) is 0 Å². The van der Waals surface area contributed by atoms with E-state index in [-0.39, 0.29) is 25.4 Å². The van der Waals surface area contributed by atoms with Gasteiger partial charge in [0.2, 0.25) is 0 Å². The molecule has 0 saturated heterocycles. The number of carbonyl (C=O) groups is 2. The summed E-state index contributed by atoms with van der Waals surface area (Å²) in [6.45, 7) is 8.75. The van der Waals surface area contributed by atoms with Crippen LogP contribution in [0.5, 0.6) is 11.5 Å². The first kappa shape index (κ1) is 22.4. The van der Waals surface area contributed by atoms with Crippen LogP contribution in [-0.4, -0.2) is 37.4 Å². The lowest BCUT2D eigenvalue weighted by Gasteiger charge is -2.18. The Kier molecular flexibility index (Phi) is 7.00. The molecule has 0 aliphatic heterocycles. The molecule has 0 spiro atoms. The summed E-state index contributed by atoms with van der Waals surface area (Å²) in [7, 11) is 0. The molecule has 6 heteroatoms. The Labute approximate surface area is 182 Å². The second kappa shape index (κ2) is 9.69. The van der Waals surface area contributed by atoms with Crippen LogP contribution in [0, 0.1) is 6.92 Å². The van der Waals surface area contributed by atoms with Crippen molar-refractivity contribution in [3.8, 4) is 11.5 Å². The van der Waals surface area contributed by atoms with Crippen LogP contribution in [0.3, 0.4) is 0 Å². The van der Waals surface area contributed by atoms with Crippen LogP contribution in [0.2, 0.25) is 0 Å². The lowest BCUT2D eigenvalue weighted by Crippen LogP contribution is -2.19. The van der Waals surface area contributed by atoms with Crippen molar-refractivity contribution in [1.82, 2.24) is 0 Å². The smallest absolute Gasteiger partial charge is 0.344 e. The van der Waals surface area contributed by atoms with Gasteiger partial charge in [-0.25, -0.2) is 9.59 Å². The fraction of sp³-hybridized carbons (Fsp3) is 0.360. The predicted octanol–water partition coefficient (Wildman–Crippen LogP) is 4.96. The maximum atomic E-state index is 12.1. The number of hydrogen-bond donors (Lipinski definition) is 0. The number of carbonyl (C=O) groups excluding carboxylic acids is 2. The summed E-state index contributed by atoms with van der Waals surface area (Å²) in [4.78, 5) is 24.1. The number of aryl methyl sites for hydroxylation is 1. The first-order valence-electron chi connectivity index (χ1n) is 10.4. The van der Waals surface area contributed by atoms with E-state index in [2.05, 4.69) is 0 Å². The maximum absolute atomic E-state index is 12.1. The van der Waals surface area contributed by atoms with Crippen LogP contribution in [-0.2, 0) is 19.1 Å². The summed E-state index contributed by atoms with van der Waals surface area (Å²) in [6, 6.07) is 13.5. The van der Waals surface area contributed by atoms with Crippen LogP contribution < -0.4 is 9.47 Å². The molecule has 3 aromatic rings.